The van der Waals surface area contributed by atoms with Gasteiger partial charge in [-0.2, -0.15) is 0 Å². The van der Waals surface area contributed by atoms with Gasteiger partial charge in [0, 0.05) is 32.7 Å². The Balaban J connectivity index is 1.49. The summed E-state index contributed by atoms with van der Waals surface area (Å²) in [5.41, 5.74) is 2.73. The van der Waals surface area contributed by atoms with Gasteiger partial charge in [0.05, 0.1) is 13.6 Å². The van der Waals surface area contributed by atoms with Crippen molar-refractivity contribution in [2.75, 3.05) is 39.8 Å². The Hall–Kier alpha value is -2.25. The number of carbonyl (C=O) groups is 1. The Kier molecular flexibility index (Phi) is 7.02. The maximum atomic E-state index is 12.5. The number of aliphatic hydroxyl groups excluding tert-OH is 1. The minimum absolute atomic E-state index is 0.0230. The van der Waals surface area contributed by atoms with Gasteiger partial charge in [-0.3, -0.25) is 4.79 Å². The van der Waals surface area contributed by atoms with Crippen molar-refractivity contribution in [3.8, 4) is 0 Å². The molecule has 0 unspecified atom stereocenters. The number of ketones is 1. The third-order valence-electron chi connectivity index (χ3n) is 6.10. The molecule has 2 heterocycles. The van der Waals surface area contributed by atoms with E-state index in [1.54, 1.807) is 11.0 Å². The van der Waals surface area contributed by atoms with Crippen LogP contribution in [0.3, 0.4) is 0 Å². The molecule has 0 amide bonds. The number of aromatic nitrogens is 1. The largest absolute Gasteiger partial charge is 0.385 e. The normalized spacial score (nSPS) is 20.4. The standard InChI is InChI=1S/C25H28BrN3O2/c1-27-12-14-28(15-13-27)17-22(30)18-29-16-20(23-4-2-3-5-24(23)29)8-11-25(31)19-6-9-21(26)10-7-19/h2-11,16,22,30H,12-15,17-18H2,1H3/p+2/b11-8+/t22-/m0/s1. The van der Waals surface area contributed by atoms with Crippen molar-refractivity contribution < 1.29 is 19.7 Å². The number of para-hydroxylation sites is 1. The van der Waals surface area contributed by atoms with E-state index in [1.165, 1.54) is 4.90 Å². The number of carbonyl (C=O) groups excluding carboxylic acids is 1. The summed E-state index contributed by atoms with van der Waals surface area (Å²) in [6.45, 7) is 5.88. The fourth-order valence-electron chi connectivity index (χ4n) is 4.29. The van der Waals surface area contributed by atoms with Gasteiger partial charge in [0.1, 0.15) is 38.8 Å². The smallest absolute Gasteiger partial charge is 0.185 e. The van der Waals surface area contributed by atoms with Crippen LogP contribution in [-0.2, 0) is 6.54 Å². The lowest BCUT2D eigenvalue weighted by Crippen LogP contribution is -3.27. The van der Waals surface area contributed by atoms with Crippen LogP contribution >= 0.6 is 15.9 Å². The Morgan fingerprint density at radius 3 is 2.58 bits per heavy atom. The number of nitrogens with one attached hydrogen (secondary N) is 2. The number of hydrogen-bond donors (Lipinski definition) is 3. The van der Waals surface area contributed by atoms with E-state index in [2.05, 4.69) is 39.7 Å². The number of allylic oxidation sites excluding steroid dienone is 1. The predicted octanol–water partition coefficient (Wildman–Crippen LogP) is 1.07. The third kappa shape index (κ3) is 5.52. The maximum Gasteiger partial charge on any atom is 0.185 e. The fourth-order valence-corrected chi connectivity index (χ4v) is 4.56. The van der Waals surface area contributed by atoms with Gasteiger partial charge in [0.25, 0.3) is 0 Å². The quantitative estimate of drug-likeness (QED) is 0.347. The number of aliphatic hydroxyl groups is 1. The van der Waals surface area contributed by atoms with Crippen molar-refractivity contribution in [3.63, 3.8) is 0 Å². The average Bonchev–Trinajstić information content (AvgIpc) is 3.11. The Morgan fingerprint density at radius 2 is 1.84 bits per heavy atom. The summed E-state index contributed by atoms with van der Waals surface area (Å²) in [6, 6.07) is 15.5. The summed E-state index contributed by atoms with van der Waals surface area (Å²) in [4.78, 5) is 15.6. The highest BCUT2D eigenvalue weighted by Crippen LogP contribution is 2.23. The molecule has 1 saturated heterocycles. The van der Waals surface area contributed by atoms with Crippen LogP contribution in [-0.4, -0.2) is 61.3 Å². The van der Waals surface area contributed by atoms with Crippen LogP contribution in [0.15, 0.2) is 65.3 Å². The zero-order valence-corrected chi connectivity index (χ0v) is 19.4. The number of fused-ring (bicyclic) bond motifs is 1. The number of benzene rings is 2. The first-order valence-electron chi connectivity index (χ1n) is 10.9. The SMILES string of the molecule is C[NH+]1CC[NH+](C[C@H](O)Cn2cc(/C=C/C(=O)c3ccc(Br)cc3)c3ccccc32)CC1. The molecule has 3 aromatic rings. The summed E-state index contributed by atoms with van der Waals surface area (Å²) in [5, 5.41) is 11.8. The van der Waals surface area contributed by atoms with Gasteiger partial charge in [0.15, 0.2) is 5.78 Å². The zero-order chi connectivity index (χ0) is 21.8. The number of likely N-dealkylation sites (N-methyl/N-ethyl adjacent to an activating group) is 1. The minimum atomic E-state index is -0.398. The highest BCUT2D eigenvalue weighted by molar-refractivity contribution is 9.10. The Labute approximate surface area is 191 Å². The van der Waals surface area contributed by atoms with Crippen molar-refractivity contribution >= 4 is 38.7 Å². The van der Waals surface area contributed by atoms with Gasteiger partial charge < -0.3 is 19.5 Å². The monoisotopic (exact) mass is 483 g/mol. The van der Waals surface area contributed by atoms with Gasteiger partial charge >= 0.3 is 0 Å². The van der Waals surface area contributed by atoms with Gasteiger partial charge in [-0.15, -0.1) is 0 Å². The molecule has 0 radical (unpaired) electrons. The summed E-state index contributed by atoms with van der Waals surface area (Å²) >= 11 is 3.40. The molecule has 4 rings (SSSR count). The molecular weight excluding hydrogens is 454 g/mol. The van der Waals surface area contributed by atoms with Crippen molar-refractivity contribution in [1.82, 2.24) is 4.57 Å². The van der Waals surface area contributed by atoms with E-state index >= 15 is 0 Å². The molecule has 1 aliphatic rings. The number of rotatable bonds is 7. The zero-order valence-electron chi connectivity index (χ0n) is 17.9. The van der Waals surface area contributed by atoms with Crippen molar-refractivity contribution in [2.45, 2.75) is 12.6 Å². The first-order chi connectivity index (χ1) is 15.0. The topological polar surface area (TPSA) is 51.1 Å². The van der Waals surface area contributed by atoms with E-state index in [9.17, 15) is 9.90 Å². The van der Waals surface area contributed by atoms with E-state index < -0.39 is 6.10 Å². The number of piperazine rings is 1. The lowest BCUT2D eigenvalue weighted by atomic mass is 10.1. The number of hydrogen-bond acceptors (Lipinski definition) is 2. The fraction of sp³-hybridized carbons (Fsp3) is 0.320. The first kappa shape index (κ1) is 22.0. The van der Waals surface area contributed by atoms with Gasteiger partial charge in [-0.25, -0.2) is 0 Å². The molecular formula is C25H30BrN3O2+2. The first-order valence-corrected chi connectivity index (χ1v) is 11.7. The molecule has 0 bridgehead atoms. The second-order valence-corrected chi connectivity index (χ2v) is 9.44. The van der Waals surface area contributed by atoms with Gasteiger partial charge in [0.2, 0.25) is 0 Å². The molecule has 5 nitrogen and oxygen atoms in total. The van der Waals surface area contributed by atoms with Crippen LogP contribution in [0, 0.1) is 0 Å². The molecule has 1 atom stereocenters. The summed E-state index contributed by atoms with van der Waals surface area (Å²) in [6.07, 6.45) is 5.15. The molecule has 162 valence electrons. The second-order valence-electron chi connectivity index (χ2n) is 8.52. The number of nitrogens with zero attached hydrogens (tertiary/aromatic N) is 1. The van der Waals surface area contributed by atoms with Crippen LogP contribution in [0.5, 0.6) is 0 Å². The van der Waals surface area contributed by atoms with Crippen LogP contribution in [0.25, 0.3) is 17.0 Å². The Morgan fingerprint density at radius 1 is 1.13 bits per heavy atom. The molecule has 2 aromatic carbocycles. The van der Waals surface area contributed by atoms with E-state index in [0.717, 1.165) is 53.7 Å². The van der Waals surface area contributed by atoms with Gasteiger partial charge in [-0.1, -0.05) is 34.1 Å². The number of halogens is 1. The van der Waals surface area contributed by atoms with Crippen molar-refractivity contribution in [2.24, 2.45) is 0 Å². The van der Waals surface area contributed by atoms with Crippen LogP contribution in [0.1, 0.15) is 15.9 Å². The Bertz CT molecular complexity index is 1070. The van der Waals surface area contributed by atoms with Crippen molar-refractivity contribution in [1.29, 1.82) is 0 Å². The molecule has 3 N–H and O–H groups in total. The van der Waals surface area contributed by atoms with Crippen LogP contribution in [0.2, 0.25) is 0 Å². The molecule has 1 aromatic heterocycles. The van der Waals surface area contributed by atoms with E-state index in [1.807, 2.05) is 48.7 Å². The lowest BCUT2D eigenvalue weighted by molar-refractivity contribution is -1.00. The highest BCUT2D eigenvalue weighted by atomic mass is 79.9. The van der Waals surface area contributed by atoms with E-state index in [4.69, 9.17) is 0 Å². The molecule has 0 aliphatic carbocycles. The molecule has 31 heavy (non-hydrogen) atoms. The molecule has 1 fully saturated rings. The van der Waals surface area contributed by atoms with E-state index in [0.29, 0.717) is 12.1 Å². The molecule has 0 spiro atoms. The molecule has 6 heteroatoms. The summed E-state index contributed by atoms with van der Waals surface area (Å²) in [5.74, 6) is -0.0230. The third-order valence-corrected chi connectivity index (χ3v) is 6.63. The maximum absolute atomic E-state index is 12.5. The average molecular weight is 484 g/mol. The van der Waals surface area contributed by atoms with Crippen molar-refractivity contribution in [3.05, 3.63) is 76.4 Å². The van der Waals surface area contributed by atoms with E-state index in [-0.39, 0.29) is 5.78 Å². The second kappa shape index (κ2) is 9.92. The van der Waals surface area contributed by atoms with Crippen LogP contribution < -0.4 is 9.80 Å². The summed E-state index contributed by atoms with van der Waals surface area (Å²) in [7, 11) is 2.23. The molecule has 0 saturated carbocycles. The van der Waals surface area contributed by atoms with Gasteiger partial charge in [-0.05, 0) is 42.5 Å². The number of quaternary nitrogens is 2. The highest BCUT2D eigenvalue weighted by Gasteiger charge is 2.23. The minimum Gasteiger partial charge on any atom is -0.385 e. The van der Waals surface area contributed by atoms with Crippen LogP contribution in [0.4, 0.5) is 0 Å². The lowest BCUT2D eigenvalue weighted by Gasteiger charge is -2.28. The summed E-state index contributed by atoms with van der Waals surface area (Å²) < 4.78 is 3.07. The predicted molar refractivity (Wildman–Crippen MR) is 128 cm³/mol. The molecule has 1 aliphatic heterocycles.